The molecular weight excluding hydrogens is 177 g/mol. The summed E-state index contributed by atoms with van der Waals surface area (Å²) in [5.74, 6) is 0. The van der Waals surface area contributed by atoms with Gasteiger partial charge >= 0.3 is 0 Å². The number of nitrogens with zero attached hydrogens (tertiary/aromatic N) is 1. The van der Waals surface area contributed by atoms with Gasteiger partial charge in [0.05, 0.1) is 0 Å². The number of benzene rings is 1. The van der Waals surface area contributed by atoms with E-state index in [0.29, 0.717) is 5.66 Å². The Kier molecular flexibility index (Phi) is 3.74. The Morgan fingerprint density at radius 3 is 2.46 bits per heavy atom. The van der Waals surface area contributed by atoms with Crippen LogP contribution in [-0.4, -0.2) is 14.1 Å². The van der Waals surface area contributed by atoms with Crippen LogP contribution >= 0.6 is 9.24 Å². The third-order valence-corrected chi connectivity index (χ3v) is 3.09. The molecule has 0 bridgehead atoms. The van der Waals surface area contributed by atoms with Crippen molar-refractivity contribution < 1.29 is 0 Å². The van der Waals surface area contributed by atoms with Crippen LogP contribution in [0.4, 0.5) is 5.69 Å². The molecule has 1 aromatic rings. The molecule has 0 aliphatic heterocycles. The SMILES string of the molecule is CCC(P)c1ccccc1N(C)C. The van der Waals surface area contributed by atoms with Gasteiger partial charge in [-0.2, -0.15) is 0 Å². The van der Waals surface area contributed by atoms with Crippen LogP contribution in [0.15, 0.2) is 24.3 Å². The first-order valence-corrected chi connectivity index (χ1v) is 5.35. The van der Waals surface area contributed by atoms with Crippen LogP contribution < -0.4 is 4.90 Å². The largest absolute Gasteiger partial charge is 0.377 e. The predicted octanol–water partition coefficient (Wildman–Crippen LogP) is 3.08. The van der Waals surface area contributed by atoms with E-state index in [0.717, 1.165) is 6.42 Å². The van der Waals surface area contributed by atoms with E-state index in [-0.39, 0.29) is 0 Å². The number of hydrogen-bond donors (Lipinski definition) is 0. The summed E-state index contributed by atoms with van der Waals surface area (Å²) in [5.41, 5.74) is 3.31. The second-order valence-electron chi connectivity index (χ2n) is 3.47. The highest BCUT2D eigenvalue weighted by atomic mass is 31.0. The molecule has 2 unspecified atom stereocenters. The van der Waals surface area contributed by atoms with E-state index in [9.17, 15) is 0 Å². The fraction of sp³-hybridized carbons (Fsp3) is 0.455. The Morgan fingerprint density at radius 1 is 1.31 bits per heavy atom. The molecule has 0 N–H and O–H groups in total. The minimum atomic E-state index is 0.568. The second kappa shape index (κ2) is 4.62. The lowest BCUT2D eigenvalue weighted by atomic mass is 10.1. The molecule has 1 aromatic carbocycles. The quantitative estimate of drug-likeness (QED) is 0.670. The smallest absolute Gasteiger partial charge is 0.0399 e. The molecule has 1 rings (SSSR count). The minimum Gasteiger partial charge on any atom is -0.377 e. The van der Waals surface area contributed by atoms with E-state index in [2.05, 4.69) is 59.4 Å². The van der Waals surface area contributed by atoms with E-state index in [1.165, 1.54) is 11.3 Å². The zero-order valence-corrected chi connectivity index (χ0v) is 9.77. The summed E-state index contributed by atoms with van der Waals surface area (Å²) in [6.07, 6.45) is 1.16. The monoisotopic (exact) mass is 195 g/mol. The fourth-order valence-electron chi connectivity index (χ4n) is 1.43. The van der Waals surface area contributed by atoms with Crippen LogP contribution in [-0.2, 0) is 0 Å². The Morgan fingerprint density at radius 2 is 1.92 bits per heavy atom. The summed E-state index contributed by atoms with van der Waals surface area (Å²) in [6, 6.07) is 8.57. The molecule has 0 aliphatic rings. The molecule has 72 valence electrons. The van der Waals surface area contributed by atoms with Crippen molar-refractivity contribution in [2.75, 3.05) is 19.0 Å². The first kappa shape index (κ1) is 10.5. The van der Waals surface area contributed by atoms with Crippen molar-refractivity contribution >= 4 is 14.9 Å². The number of rotatable bonds is 3. The predicted molar refractivity (Wildman–Crippen MR) is 63.5 cm³/mol. The van der Waals surface area contributed by atoms with Crippen molar-refractivity contribution in [1.29, 1.82) is 0 Å². The van der Waals surface area contributed by atoms with Crippen molar-refractivity contribution in [2.24, 2.45) is 0 Å². The molecule has 0 heterocycles. The molecule has 0 fully saturated rings. The van der Waals surface area contributed by atoms with Crippen molar-refractivity contribution in [2.45, 2.75) is 19.0 Å². The van der Waals surface area contributed by atoms with Gasteiger partial charge in [-0.05, 0) is 18.1 Å². The Labute approximate surface area is 83.3 Å². The lowest BCUT2D eigenvalue weighted by Gasteiger charge is -2.20. The summed E-state index contributed by atoms with van der Waals surface area (Å²) >= 11 is 0. The maximum atomic E-state index is 2.90. The van der Waals surface area contributed by atoms with Crippen LogP contribution in [0.5, 0.6) is 0 Å². The average Bonchev–Trinajstić information content (AvgIpc) is 2.16. The topological polar surface area (TPSA) is 3.24 Å². The van der Waals surface area contributed by atoms with Gasteiger partial charge in [-0.3, -0.25) is 0 Å². The summed E-state index contributed by atoms with van der Waals surface area (Å²) in [6.45, 7) is 2.21. The van der Waals surface area contributed by atoms with Gasteiger partial charge in [0.15, 0.2) is 0 Å². The minimum absolute atomic E-state index is 0.568. The summed E-state index contributed by atoms with van der Waals surface area (Å²) in [7, 11) is 7.08. The van der Waals surface area contributed by atoms with Crippen LogP contribution in [0.1, 0.15) is 24.6 Å². The van der Waals surface area contributed by atoms with Gasteiger partial charge in [0, 0.05) is 25.4 Å². The van der Waals surface area contributed by atoms with Crippen LogP contribution in [0, 0.1) is 0 Å². The van der Waals surface area contributed by atoms with Gasteiger partial charge in [0.1, 0.15) is 0 Å². The van der Waals surface area contributed by atoms with E-state index in [4.69, 9.17) is 0 Å². The van der Waals surface area contributed by atoms with E-state index in [1.807, 2.05) is 0 Å². The van der Waals surface area contributed by atoms with E-state index >= 15 is 0 Å². The van der Waals surface area contributed by atoms with Gasteiger partial charge in [-0.15, -0.1) is 9.24 Å². The lowest BCUT2D eigenvalue weighted by molar-refractivity contribution is 0.889. The van der Waals surface area contributed by atoms with Crippen LogP contribution in [0.25, 0.3) is 0 Å². The van der Waals surface area contributed by atoms with Crippen molar-refractivity contribution in [3.05, 3.63) is 29.8 Å². The van der Waals surface area contributed by atoms with E-state index < -0.39 is 0 Å². The zero-order chi connectivity index (χ0) is 9.84. The first-order valence-electron chi connectivity index (χ1n) is 4.68. The van der Waals surface area contributed by atoms with Crippen LogP contribution in [0.2, 0.25) is 0 Å². The fourth-order valence-corrected chi connectivity index (χ4v) is 1.71. The highest BCUT2D eigenvalue weighted by molar-refractivity contribution is 7.17. The van der Waals surface area contributed by atoms with Gasteiger partial charge in [-0.25, -0.2) is 0 Å². The third kappa shape index (κ3) is 2.45. The second-order valence-corrected chi connectivity index (χ2v) is 4.27. The summed E-state index contributed by atoms with van der Waals surface area (Å²) in [5, 5.41) is 0. The Balaban J connectivity index is 3.04. The maximum absolute atomic E-state index is 2.90. The van der Waals surface area contributed by atoms with Crippen LogP contribution in [0.3, 0.4) is 0 Å². The molecule has 0 amide bonds. The summed E-state index contributed by atoms with van der Waals surface area (Å²) < 4.78 is 0. The number of hydrogen-bond acceptors (Lipinski definition) is 1. The van der Waals surface area contributed by atoms with Gasteiger partial charge in [0.25, 0.3) is 0 Å². The molecule has 0 aliphatic carbocycles. The molecule has 2 heteroatoms. The molecule has 0 saturated carbocycles. The van der Waals surface area contributed by atoms with Gasteiger partial charge in [-0.1, -0.05) is 25.1 Å². The average molecular weight is 195 g/mol. The van der Waals surface area contributed by atoms with Gasteiger partial charge < -0.3 is 4.90 Å². The van der Waals surface area contributed by atoms with E-state index in [1.54, 1.807) is 0 Å². The molecule has 13 heavy (non-hydrogen) atoms. The number of anilines is 1. The third-order valence-electron chi connectivity index (χ3n) is 2.26. The molecule has 0 radical (unpaired) electrons. The highest BCUT2D eigenvalue weighted by Crippen LogP contribution is 2.32. The standard InChI is InChI=1S/C11H18NP/c1-4-11(13)9-7-5-6-8-10(9)12(2)3/h5-8,11H,4,13H2,1-3H3. The van der Waals surface area contributed by atoms with Crippen molar-refractivity contribution in [3.8, 4) is 0 Å². The maximum Gasteiger partial charge on any atom is 0.0399 e. The molecule has 0 aromatic heterocycles. The lowest BCUT2D eigenvalue weighted by Crippen LogP contribution is -2.11. The zero-order valence-electron chi connectivity index (χ0n) is 8.62. The van der Waals surface area contributed by atoms with Gasteiger partial charge in [0.2, 0.25) is 0 Å². The molecule has 0 spiro atoms. The normalized spacial score (nSPS) is 12.6. The molecule has 2 atom stereocenters. The van der Waals surface area contributed by atoms with Crippen molar-refractivity contribution in [3.63, 3.8) is 0 Å². The first-order chi connectivity index (χ1) is 6.16. The molecule has 0 saturated heterocycles. The Hall–Kier alpha value is -0.550. The number of para-hydroxylation sites is 1. The highest BCUT2D eigenvalue weighted by Gasteiger charge is 2.08. The molecular formula is C11H18NP. The summed E-state index contributed by atoms with van der Waals surface area (Å²) in [4.78, 5) is 2.17. The Bertz CT molecular complexity index is 271. The molecule has 1 nitrogen and oxygen atoms in total. The van der Waals surface area contributed by atoms with Crippen molar-refractivity contribution in [1.82, 2.24) is 0 Å².